The lowest BCUT2D eigenvalue weighted by Crippen LogP contribution is -2.20. The molecule has 1 saturated carbocycles. The summed E-state index contributed by atoms with van der Waals surface area (Å²) in [5.41, 5.74) is 8.57. The molecule has 1 aliphatic rings. The van der Waals surface area contributed by atoms with Gasteiger partial charge in [0.15, 0.2) is 0 Å². The second-order valence-corrected chi connectivity index (χ2v) is 7.45. The van der Waals surface area contributed by atoms with Crippen molar-refractivity contribution >= 4 is 17.5 Å². The minimum Gasteiger partial charge on any atom is -0.480 e. The highest BCUT2D eigenvalue weighted by atomic mass is 35.5. The second kappa shape index (κ2) is 7.66. The smallest absolute Gasteiger partial charge is 0.250 e. The molecule has 6 nitrogen and oxygen atoms in total. The lowest BCUT2D eigenvalue weighted by Gasteiger charge is -2.29. The van der Waals surface area contributed by atoms with Crippen LogP contribution in [0.2, 0.25) is 5.02 Å². The molecule has 26 heavy (non-hydrogen) atoms. The number of pyridine rings is 1. The molecule has 1 amide bonds. The molecule has 0 unspecified atom stereocenters. The zero-order valence-electron chi connectivity index (χ0n) is 15.5. The summed E-state index contributed by atoms with van der Waals surface area (Å²) >= 11 is 6.24. The standard InChI is InChI=1S/C19H25ClN4O2/c1-11-16(18(21)25)8-15(9-22-11)14-6-4-13(5-7-14)10-24-19(26-3)17(20)12(2)23-24/h8-9,13-14H,4-7,10H2,1-3H3,(H2,21,25)/t13-,14-. The fourth-order valence-corrected chi connectivity index (χ4v) is 4.01. The third-order valence-corrected chi connectivity index (χ3v) is 5.76. The molecular weight excluding hydrogens is 352 g/mol. The van der Waals surface area contributed by atoms with Gasteiger partial charge in [0.2, 0.25) is 5.88 Å². The van der Waals surface area contributed by atoms with E-state index in [2.05, 4.69) is 10.1 Å². The van der Waals surface area contributed by atoms with Crippen molar-refractivity contribution in [2.45, 2.75) is 52.0 Å². The predicted octanol–water partition coefficient (Wildman–Crippen LogP) is 3.63. The Hall–Kier alpha value is -2.08. The number of aromatic nitrogens is 3. The van der Waals surface area contributed by atoms with Crippen molar-refractivity contribution in [3.8, 4) is 5.88 Å². The number of nitrogens with two attached hydrogens (primary N) is 1. The zero-order valence-corrected chi connectivity index (χ0v) is 16.2. The Balaban J connectivity index is 1.66. The van der Waals surface area contributed by atoms with Crippen molar-refractivity contribution in [2.75, 3.05) is 7.11 Å². The number of carbonyl (C=O) groups is 1. The summed E-state index contributed by atoms with van der Waals surface area (Å²) in [5.74, 6) is 1.18. The van der Waals surface area contributed by atoms with Gasteiger partial charge in [-0.25, -0.2) is 4.68 Å². The number of hydrogen-bond acceptors (Lipinski definition) is 4. The first-order chi connectivity index (χ1) is 12.4. The Morgan fingerprint density at radius 1 is 1.31 bits per heavy atom. The van der Waals surface area contributed by atoms with Gasteiger partial charge in [-0.15, -0.1) is 0 Å². The first-order valence-corrected chi connectivity index (χ1v) is 9.31. The van der Waals surface area contributed by atoms with E-state index in [1.807, 2.05) is 30.8 Å². The van der Waals surface area contributed by atoms with Gasteiger partial charge in [-0.05, 0) is 63.0 Å². The monoisotopic (exact) mass is 376 g/mol. The summed E-state index contributed by atoms with van der Waals surface area (Å²) in [6, 6.07) is 1.91. The quantitative estimate of drug-likeness (QED) is 0.863. The van der Waals surface area contributed by atoms with Crippen LogP contribution in [0.25, 0.3) is 0 Å². The summed E-state index contributed by atoms with van der Waals surface area (Å²) in [7, 11) is 1.62. The van der Waals surface area contributed by atoms with Gasteiger partial charge >= 0.3 is 0 Å². The summed E-state index contributed by atoms with van der Waals surface area (Å²) in [6.45, 7) is 4.51. The Kier molecular flexibility index (Phi) is 5.51. The highest BCUT2D eigenvalue weighted by molar-refractivity contribution is 6.32. The molecule has 0 bridgehead atoms. The normalized spacial score (nSPS) is 20.2. The molecule has 0 aromatic carbocycles. The van der Waals surface area contributed by atoms with E-state index in [1.54, 1.807) is 7.11 Å². The zero-order chi connectivity index (χ0) is 18.8. The molecule has 7 heteroatoms. The van der Waals surface area contributed by atoms with Crippen molar-refractivity contribution in [2.24, 2.45) is 11.7 Å². The summed E-state index contributed by atoms with van der Waals surface area (Å²) in [4.78, 5) is 15.9. The number of amides is 1. The van der Waals surface area contributed by atoms with Crippen LogP contribution >= 0.6 is 11.6 Å². The molecule has 0 saturated heterocycles. The molecule has 2 N–H and O–H groups in total. The largest absolute Gasteiger partial charge is 0.480 e. The fourth-order valence-electron chi connectivity index (χ4n) is 3.80. The third kappa shape index (κ3) is 3.70. The van der Waals surface area contributed by atoms with E-state index in [0.717, 1.165) is 43.5 Å². The maximum absolute atomic E-state index is 11.6. The SMILES string of the molecule is COc1c(Cl)c(C)nn1C[C@H]1CC[C@H](c2cnc(C)c(C(N)=O)c2)CC1. The van der Waals surface area contributed by atoms with Crippen molar-refractivity contribution in [3.05, 3.63) is 39.8 Å². The van der Waals surface area contributed by atoms with Crippen LogP contribution in [0.3, 0.4) is 0 Å². The van der Waals surface area contributed by atoms with Crippen molar-refractivity contribution < 1.29 is 9.53 Å². The molecule has 2 aromatic rings. The maximum atomic E-state index is 11.6. The number of methoxy groups -OCH3 is 1. The average Bonchev–Trinajstić information content (AvgIpc) is 2.89. The Labute approximate surface area is 158 Å². The molecule has 0 aliphatic heterocycles. The number of primary amides is 1. The summed E-state index contributed by atoms with van der Waals surface area (Å²) < 4.78 is 7.27. The van der Waals surface area contributed by atoms with Crippen molar-refractivity contribution in [3.63, 3.8) is 0 Å². The molecule has 2 heterocycles. The van der Waals surface area contributed by atoms with Crippen LogP contribution in [-0.2, 0) is 6.54 Å². The number of ether oxygens (including phenoxy) is 1. The number of halogens is 1. The molecule has 0 radical (unpaired) electrons. The van der Waals surface area contributed by atoms with Crippen LogP contribution < -0.4 is 10.5 Å². The van der Waals surface area contributed by atoms with Gasteiger partial charge in [0.05, 0.1) is 18.4 Å². The number of nitrogens with zero attached hydrogens (tertiary/aromatic N) is 3. The minimum absolute atomic E-state index is 0.413. The van der Waals surface area contributed by atoms with Gasteiger partial charge in [-0.3, -0.25) is 9.78 Å². The third-order valence-electron chi connectivity index (χ3n) is 5.33. The van der Waals surface area contributed by atoms with E-state index in [1.165, 1.54) is 0 Å². The first-order valence-electron chi connectivity index (χ1n) is 8.94. The van der Waals surface area contributed by atoms with E-state index in [4.69, 9.17) is 22.1 Å². The molecule has 1 fully saturated rings. The second-order valence-electron chi connectivity index (χ2n) is 7.07. The van der Waals surface area contributed by atoms with E-state index in [-0.39, 0.29) is 0 Å². The molecule has 1 aliphatic carbocycles. The topological polar surface area (TPSA) is 83.0 Å². The van der Waals surface area contributed by atoms with Crippen LogP contribution in [0.15, 0.2) is 12.3 Å². The molecule has 0 spiro atoms. The summed E-state index contributed by atoms with van der Waals surface area (Å²) in [6.07, 6.45) is 6.18. The van der Waals surface area contributed by atoms with Crippen LogP contribution in [0.4, 0.5) is 0 Å². The van der Waals surface area contributed by atoms with E-state index in [0.29, 0.717) is 34.0 Å². The number of aryl methyl sites for hydroxylation is 2. The molecule has 0 atom stereocenters. The van der Waals surface area contributed by atoms with Gasteiger partial charge < -0.3 is 10.5 Å². The molecule has 140 valence electrons. The van der Waals surface area contributed by atoms with E-state index in [9.17, 15) is 4.79 Å². The number of carbonyl (C=O) groups excluding carboxylic acids is 1. The fraction of sp³-hybridized carbons (Fsp3) is 0.526. The van der Waals surface area contributed by atoms with E-state index >= 15 is 0 Å². The van der Waals surface area contributed by atoms with Crippen LogP contribution in [-0.4, -0.2) is 27.8 Å². The lowest BCUT2D eigenvalue weighted by molar-refractivity contribution is 0.0999. The van der Waals surface area contributed by atoms with Crippen molar-refractivity contribution in [1.82, 2.24) is 14.8 Å². The van der Waals surface area contributed by atoms with Crippen LogP contribution in [0, 0.1) is 19.8 Å². The highest BCUT2D eigenvalue weighted by Crippen LogP contribution is 2.38. The molecular formula is C19H25ClN4O2. The van der Waals surface area contributed by atoms with Crippen LogP contribution in [0.5, 0.6) is 5.88 Å². The minimum atomic E-state index is -0.413. The average molecular weight is 377 g/mol. The van der Waals surface area contributed by atoms with Gasteiger partial charge in [-0.1, -0.05) is 11.6 Å². The van der Waals surface area contributed by atoms with Gasteiger partial charge in [0.25, 0.3) is 5.91 Å². The van der Waals surface area contributed by atoms with Crippen molar-refractivity contribution in [1.29, 1.82) is 0 Å². The first kappa shape index (κ1) is 18.7. The maximum Gasteiger partial charge on any atom is 0.250 e. The molecule has 3 rings (SSSR count). The predicted molar refractivity (Wildman–Crippen MR) is 101 cm³/mol. The Bertz CT molecular complexity index is 810. The number of hydrogen-bond donors (Lipinski definition) is 1. The number of rotatable bonds is 5. The van der Waals surface area contributed by atoms with E-state index < -0.39 is 5.91 Å². The van der Waals surface area contributed by atoms with Gasteiger partial charge in [0, 0.05) is 18.4 Å². The lowest BCUT2D eigenvalue weighted by atomic mass is 9.79. The highest BCUT2D eigenvalue weighted by Gasteiger charge is 2.25. The van der Waals surface area contributed by atoms with Crippen LogP contribution in [0.1, 0.15) is 58.9 Å². The summed E-state index contributed by atoms with van der Waals surface area (Å²) in [5, 5.41) is 5.08. The Morgan fingerprint density at radius 3 is 2.62 bits per heavy atom. The van der Waals surface area contributed by atoms with Gasteiger partial charge in [-0.2, -0.15) is 5.10 Å². The Morgan fingerprint density at radius 2 is 2.00 bits per heavy atom. The molecule has 2 aromatic heterocycles. The van der Waals surface area contributed by atoms with Gasteiger partial charge in [0.1, 0.15) is 5.02 Å².